The molecule has 1 saturated heterocycles. The van der Waals surface area contributed by atoms with E-state index in [2.05, 4.69) is 36.2 Å². The van der Waals surface area contributed by atoms with Crippen LogP contribution in [0.3, 0.4) is 0 Å². The quantitative estimate of drug-likeness (QED) is 0.818. The first kappa shape index (κ1) is 12.9. The average Bonchev–Trinajstić information content (AvgIpc) is 2.28. The molecule has 4 nitrogen and oxygen atoms in total. The van der Waals surface area contributed by atoms with E-state index in [9.17, 15) is 4.79 Å². The second kappa shape index (κ2) is 4.98. The Labute approximate surface area is 108 Å². The van der Waals surface area contributed by atoms with Crippen molar-refractivity contribution in [2.45, 2.75) is 32.9 Å². The van der Waals surface area contributed by atoms with Crippen molar-refractivity contribution < 1.29 is 4.79 Å². The lowest BCUT2D eigenvalue weighted by molar-refractivity contribution is -0.123. The number of amides is 1. The maximum Gasteiger partial charge on any atom is 0.244 e. The molecule has 1 aromatic carbocycles. The third kappa shape index (κ3) is 2.20. The summed E-state index contributed by atoms with van der Waals surface area (Å²) in [6, 6.07) is 6.08. The van der Waals surface area contributed by atoms with Gasteiger partial charge in [0, 0.05) is 24.8 Å². The van der Waals surface area contributed by atoms with Crippen LogP contribution < -0.4 is 16.0 Å². The Hall–Kier alpha value is -1.55. The second-order valence-electron chi connectivity index (χ2n) is 5.05. The van der Waals surface area contributed by atoms with Crippen LogP contribution in [0.1, 0.15) is 18.1 Å². The molecule has 1 aliphatic rings. The Morgan fingerprint density at radius 1 is 1.39 bits per heavy atom. The number of aryl methyl sites for hydroxylation is 2. The number of carbonyl (C=O) groups is 1. The van der Waals surface area contributed by atoms with Crippen LogP contribution in [0.4, 0.5) is 5.69 Å². The van der Waals surface area contributed by atoms with Gasteiger partial charge in [-0.3, -0.25) is 4.79 Å². The van der Waals surface area contributed by atoms with Crippen LogP contribution in [0.25, 0.3) is 0 Å². The number of carbonyl (C=O) groups excluding carboxylic acids is 1. The first-order valence-corrected chi connectivity index (χ1v) is 6.38. The minimum Gasteiger partial charge on any atom is -0.356 e. The van der Waals surface area contributed by atoms with E-state index in [0.717, 1.165) is 12.2 Å². The third-order valence-electron chi connectivity index (χ3n) is 3.49. The first-order chi connectivity index (χ1) is 8.54. The normalized spacial score (nSPS) is 24.0. The molecule has 18 heavy (non-hydrogen) atoms. The highest BCUT2D eigenvalue weighted by Crippen LogP contribution is 2.27. The van der Waals surface area contributed by atoms with Gasteiger partial charge in [-0.2, -0.15) is 0 Å². The van der Waals surface area contributed by atoms with Gasteiger partial charge >= 0.3 is 0 Å². The Balaban J connectivity index is 2.43. The van der Waals surface area contributed by atoms with E-state index in [1.54, 1.807) is 0 Å². The van der Waals surface area contributed by atoms with Crippen molar-refractivity contribution >= 4 is 11.6 Å². The molecule has 3 N–H and O–H groups in total. The monoisotopic (exact) mass is 247 g/mol. The number of anilines is 1. The van der Waals surface area contributed by atoms with E-state index in [1.807, 2.05) is 13.0 Å². The van der Waals surface area contributed by atoms with Crippen LogP contribution >= 0.6 is 0 Å². The van der Waals surface area contributed by atoms with E-state index in [1.165, 1.54) is 11.1 Å². The zero-order valence-electron chi connectivity index (χ0n) is 11.2. The number of hydrogen-bond donors (Lipinski definition) is 2. The topological polar surface area (TPSA) is 58.4 Å². The van der Waals surface area contributed by atoms with Crippen LogP contribution in [0.2, 0.25) is 0 Å². The van der Waals surface area contributed by atoms with Gasteiger partial charge in [-0.15, -0.1) is 0 Å². The van der Waals surface area contributed by atoms with Crippen LogP contribution in [0.5, 0.6) is 0 Å². The third-order valence-corrected chi connectivity index (χ3v) is 3.49. The van der Waals surface area contributed by atoms with Crippen LogP contribution in [-0.4, -0.2) is 31.1 Å². The molecule has 1 aliphatic heterocycles. The van der Waals surface area contributed by atoms with Crippen molar-refractivity contribution in [2.24, 2.45) is 5.73 Å². The van der Waals surface area contributed by atoms with Gasteiger partial charge in [-0.1, -0.05) is 18.2 Å². The van der Waals surface area contributed by atoms with Crippen molar-refractivity contribution in [3.8, 4) is 0 Å². The fourth-order valence-corrected chi connectivity index (χ4v) is 2.69. The molecule has 98 valence electrons. The maximum absolute atomic E-state index is 12.0. The van der Waals surface area contributed by atoms with E-state index in [4.69, 9.17) is 5.73 Å². The molecule has 0 saturated carbocycles. The van der Waals surface area contributed by atoms with Crippen molar-refractivity contribution in [1.82, 2.24) is 5.32 Å². The van der Waals surface area contributed by atoms with Gasteiger partial charge in [-0.25, -0.2) is 0 Å². The molecule has 0 aromatic heterocycles. The molecule has 0 bridgehead atoms. The molecule has 0 spiro atoms. The molecule has 2 rings (SSSR count). The molecule has 2 atom stereocenters. The largest absolute Gasteiger partial charge is 0.356 e. The van der Waals surface area contributed by atoms with Gasteiger partial charge in [0.15, 0.2) is 0 Å². The van der Waals surface area contributed by atoms with Crippen molar-refractivity contribution in [3.05, 3.63) is 29.3 Å². The number of para-hydroxylation sites is 1. The molecule has 1 amide bonds. The molecule has 1 heterocycles. The van der Waals surface area contributed by atoms with E-state index in [-0.39, 0.29) is 18.0 Å². The summed E-state index contributed by atoms with van der Waals surface area (Å²) >= 11 is 0. The summed E-state index contributed by atoms with van der Waals surface area (Å²) in [7, 11) is 0. The number of rotatable bonds is 2. The number of nitrogens with zero attached hydrogens (tertiary/aromatic N) is 1. The predicted molar refractivity (Wildman–Crippen MR) is 73.7 cm³/mol. The molecule has 1 aromatic rings. The standard InChI is InChI=1S/C14H21N3O/c1-9-5-4-6-10(2)13(9)17-8-11(3)16-14(18)12(17)7-15/h4-6,11-12H,7-8,15H2,1-3H3,(H,16,18). The molecular formula is C14H21N3O. The maximum atomic E-state index is 12.0. The molecule has 0 aliphatic carbocycles. The number of nitrogens with two attached hydrogens (primary N) is 1. The molecule has 2 unspecified atom stereocenters. The van der Waals surface area contributed by atoms with Gasteiger partial charge in [0.1, 0.15) is 6.04 Å². The van der Waals surface area contributed by atoms with Gasteiger partial charge in [-0.05, 0) is 31.9 Å². The predicted octanol–water partition coefficient (Wildman–Crippen LogP) is 0.955. The minimum atomic E-state index is -0.263. The fraction of sp³-hybridized carbons (Fsp3) is 0.500. The molecule has 1 fully saturated rings. The summed E-state index contributed by atoms with van der Waals surface area (Å²) in [5.41, 5.74) is 9.29. The van der Waals surface area contributed by atoms with Crippen molar-refractivity contribution in [2.75, 3.05) is 18.0 Å². The highest BCUT2D eigenvalue weighted by molar-refractivity contribution is 5.88. The van der Waals surface area contributed by atoms with Crippen molar-refractivity contribution in [1.29, 1.82) is 0 Å². The van der Waals surface area contributed by atoms with Crippen LogP contribution in [0, 0.1) is 13.8 Å². The Bertz CT molecular complexity index is 438. The van der Waals surface area contributed by atoms with E-state index in [0.29, 0.717) is 6.54 Å². The summed E-state index contributed by atoms with van der Waals surface area (Å²) in [6.07, 6.45) is 0. The van der Waals surface area contributed by atoms with E-state index >= 15 is 0 Å². The molecule has 0 radical (unpaired) electrons. The van der Waals surface area contributed by atoms with Gasteiger partial charge in [0.05, 0.1) is 0 Å². The second-order valence-corrected chi connectivity index (χ2v) is 5.05. The minimum absolute atomic E-state index is 0.0268. The van der Waals surface area contributed by atoms with E-state index < -0.39 is 0 Å². The van der Waals surface area contributed by atoms with Gasteiger partial charge in [0.2, 0.25) is 5.91 Å². The van der Waals surface area contributed by atoms with Gasteiger partial charge < -0.3 is 16.0 Å². The SMILES string of the molecule is Cc1cccc(C)c1N1CC(C)NC(=O)C1CN. The molecular weight excluding hydrogens is 226 g/mol. The summed E-state index contributed by atoms with van der Waals surface area (Å²) in [5.74, 6) is 0.0268. The first-order valence-electron chi connectivity index (χ1n) is 6.38. The Morgan fingerprint density at radius 3 is 2.56 bits per heavy atom. The summed E-state index contributed by atoms with van der Waals surface area (Å²) in [6.45, 7) is 7.32. The lowest BCUT2D eigenvalue weighted by Crippen LogP contribution is -2.62. The Kier molecular flexibility index (Phi) is 3.57. The molecule has 4 heteroatoms. The number of hydrogen-bond acceptors (Lipinski definition) is 3. The Morgan fingerprint density at radius 2 is 2.00 bits per heavy atom. The highest BCUT2D eigenvalue weighted by Gasteiger charge is 2.33. The summed E-state index contributed by atoms with van der Waals surface area (Å²) in [4.78, 5) is 14.2. The lowest BCUT2D eigenvalue weighted by Gasteiger charge is -2.40. The number of nitrogens with one attached hydrogen (secondary N) is 1. The number of piperazine rings is 1. The zero-order valence-corrected chi connectivity index (χ0v) is 11.2. The van der Waals surface area contributed by atoms with Crippen LogP contribution in [0.15, 0.2) is 18.2 Å². The average molecular weight is 247 g/mol. The van der Waals surface area contributed by atoms with Gasteiger partial charge in [0.25, 0.3) is 0 Å². The number of benzene rings is 1. The summed E-state index contributed by atoms with van der Waals surface area (Å²) < 4.78 is 0. The van der Waals surface area contributed by atoms with Crippen LogP contribution in [-0.2, 0) is 4.79 Å². The lowest BCUT2D eigenvalue weighted by atomic mass is 10.0. The smallest absolute Gasteiger partial charge is 0.244 e. The summed E-state index contributed by atoms with van der Waals surface area (Å²) in [5, 5.41) is 2.96. The fourth-order valence-electron chi connectivity index (χ4n) is 2.69. The van der Waals surface area contributed by atoms with Crippen molar-refractivity contribution in [3.63, 3.8) is 0 Å². The highest BCUT2D eigenvalue weighted by atomic mass is 16.2. The zero-order chi connectivity index (χ0) is 13.3.